The summed E-state index contributed by atoms with van der Waals surface area (Å²) in [4.78, 5) is 24.3. The van der Waals surface area contributed by atoms with E-state index in [1.54, 1.807) is 6.92 Å². The Hall–Kier alpha value is -1.08. The molecule has 0 aliphatic carbocycles. The van der Waals surface area contributed by atoms with Crippen molar-refractivity contribution in [2.75, 3.05) is 19.8 Å². The molecule has 0 N–H and O–H groups in total. The van der Waals surface area contributed by atoms with Crippen molar-refractivity contribution in [2.24, 2.45) is 0 Å². The lowest BCUT2D eigenvalue weighted by atomic mass is 10.5. The molecule has 0 spiro atoms. The van der Waals surface area contributed by atoms with E-state index in [2.05, 4.69) is 0 Å². The third kappa shape index (κ3) is 2.98. The SMILES string of the molecule is CCS(=O)Cc1on(C(=O)N(C)C)c(=O)c1Cl. The van der Waals surface area contributed by atoms with Crippen molar-refractivity contribution >= 4 is 28.4 Å². The fourth-order valence-electron chi connectivity index (χ4n) is 1.05. The Morgan fingerprint density at radius 3 is 2.59 bits per heavy atom. The second-order valence-corrected chi connectivity index (χ2v) is 5.60. The Balaban J connectivity index is 3.13. The maximum atomic E-state index is 11.6. The highest BCUT2D eigenvalue weighted by atomic mass is 35.5. The molecule has 17 heavy (non-hydrogen) atoms. The largest absolute Gasteiger partial charge is 0.369 e. The van der Waals surface area contributed by atoms with E-state index in [1.807, 2.05) is 0 Å². The van der Waals surface area contributed by atoms with E-state index >= 15 is 0 Å². The van der Waals surface area contributed by atoms with Crippen LogP contribution in [0.5, 0.6) is 0 Å². The summed E-state index contributed by atoms with van der Waals surface area (Å²) in [7, 11) is 1.80. The van der Waals surface area contributed by atoms with Gasteiger partial charge in [-0.1, -0.05) is 23.3 Å². The summed E-state index contributed by atoms with van der Waals surface area (Å²) in [5.41, 5.74) is -0.728. The summed E-state index contributed by atoms with van der Waals surface area (Å²) >= 11 is 5.73. The molecule has 1 rings (SSSR count). The van der Waals surface area contributed by atoms with Gasteiger partial charge in [0.25, 0.3) is 0 Å². The third-order valence-electron chi connectivity index (χ3n) is 1.99. The molecule has 0 saturated heterocycles. The van der Waals surface area contributed by atoms with E-state index < -0.39 is 22.4 Å². The molecule has 6 nitrogen and oxygen atoms in total. The zero-order valence-electron chi connectivity index (χ0n) is 9.73. The number of halogens is 1. The second kappa shape index (κ2) is 5.50. The first kappa shape index (κ1) is 14.0. The summed E-state index contributed by atoms with van der Waals surface area (Å²) < 4.78 is 16.9. The lowest BCUT2D eigenvalue weighted by Gasteiger charge is -2.07. The van der Waals surface area contributed by atoms with Gasteiger partial charge in [-0.3, -0.25) is 9.00 Å². The molecule has 0 bridgehead atoms. The monoisotopic (exact) mass is 280 g/mol. The van der Waals surface area contributed by atoms with Crippen LogP contribution in [0, 0.1) is 0 Å². The topological polar surface area (TPSA) is 72.5 Å². The summed E-state index contributed by atoms with van der Waals surface area (Å²) in [6.45, 7) is 1.74. The molecule has 96 valence electrons. The van der Waals surface area contributed by atoms with Gasteiger partial charge < -0.3 is 9.42 Å². The number of carbonyl (C=O) groups is 1. The molecule has 8 heteroatoms. The lowest BCUT2D eigenvalue weighted by molar-refractivity contribution is 0.182. The van der Waals surface area contributed by atoms with Crippen molar-refractivity contribution in [2.45, 2.75) is 12.7 Å². The zero-order valence-corrected chi connectivity index (χ0v) is 11.3. The van der Waals surface area contributed by atoms with Gasteiger partial charge in [-0.2, -0.15) is 0 Å². The van der Waals surface area contributed by atoms with Crippen LogP contribution < -0.4 is 5.56 Å². The van der Waals surface area contributed by atoms with Gasteiger partial charge in [0.15, 0.2) is 10.8 Å². The van der Waals surface area contributed by atoms with Crippen LogP contribution in [0.1, 0.15) is 12.7 Å². The number of rotatable bonds is 3. The fourth-order valence-corrected chi connectivity index (χ4v) is 2.00. The van der Waals surface area contributed by atoms with E-state index in [0.29, 0.717) is 10.5 Å². The van der Waals surface area contributed by atoms with Crippen molar-refractivity contribution in [3.05, 3.63) is 21.1 Å². The van der Waals surface area contributed by atoms with Gasteiger partial charge in [0.05, 0.1) is 5.75 Å². The number of hydrogen-bond donors (Lipinski definition) is 0. The van der Waals surface area contributed by atoms with Crippen molar-refractivity contribution < 1.29 is 13.5 Å². The Kier molecular flexibility index (Phi) is 4.53. The Labute approximate surface area is 106 Å². The fraction of sp³-hybridized carbons (Fsp3) is 0.556. The minimum Gasteiger partial charge on any atom is -0.369 e. The molecule has 0 fully saturated rings. The minimum absolute atomic E-state index is 0.0261. The van der Waals surface area contributed by atoms with E-state index in [0.717, 1.165) is 0 Å². The van der Waals surface area contributed by atoms with Crippen LogP contribution in [0.25, 0.3) is 0 Å². The minimum atomic E-state index is -1.16. The number of aromatic nitrogens is 1. The molecule has 1 amide bonds. The zero-order chi connectivity index (χ0) is 13.2. The predicted molar refractivity (Wildman–Crippen MR) is 64.8 cm³/mol. The van der Waals surface area contributed by atoms with E-state index in [4.69, 9.17) is 16.1 Å². The quantitative estimate of drug-likeness (QED) is 0.824. The Morgan fingerprint density at radius 1 is 1.53 bits per heavy atom. The number of amides is 1. The highest BCUT2D eigenvalue weighted by molar-refractivity contribution is 7.84. The Morgan fingerprint density at radius 2 is 2.12 bits per heavy atom. The summed E-state index contributed by atoms with van der Waals surface area (Å²) in [6, 6.07) is -0.634. The Bertz CT molecular complexity index is 506. The summed E-state index contributed by atoms with van der Waals surface area (Å²) in [5, 5.41) is -0.193. The first-order chi connectivity index (χ1) is 7.88. The van der Waals surface area contributed by atoms with Gasteiger partial charge in [0, 0.05) is 30.6 Å². The molecular weight excluding hydrogens is 268 g/mol. The molecule has 0 saturated carbocycles. The highest BCUT2D eigenvalue weighted by Gasteiger charge is 2.21. The van der Waals surface area contributed by atoms with Crippen LogP contribution >= 0.6 is 11.6 Å². The van der Waals surface area contributed by atoms with E-state index in [9.17, 15) is 13.8 Å². The first-order valence-electron chi connectivity index (χ1n) is 4.85. The second-order valence-electron chi connectivity index (χ2n) is 3.48. The van der Waals surface area contributed by atoms with Crippen LogP contribution in [0.2, 0.25) is 5.02 Å². The molecule has 1 aromatic rings. The molecule has 0 aliphatic rings. The smallest absolute Gasteiger partial charge is 0.360 e. The summed E-state index contributed by atoms with van der Waals surface area (Å²) in [5.74, 6) is 0.526. The standard InChI is InChI=1S/C9H13ClN2O4S/c1-4-17(15)5-6-7(10)8(13)12(16-6)9(14)11(2)3/h4-5H2,1-3H3. The average molecular weight is 281 g/mol. The molecule has 1 heterocycles. The van der Waals surface area contributed by atoms with Crippen LogP contribution in [0.15, 0.2) is 9.32 Å². The molecule has 1 aromatic heterocycles. The van der Waals surface area contributed by atoms with Gasteiger partial charge in [-0.25, -0.2) is 4.79 Å². The number of nitrogens with zero attached hydrogens (tertiary/aromatic N) is 2. The van der Waals surface area contributed by atoms with Gasteiger partial charge in [-0.05, 0) is 0 Å². The van der Waals surface area contributed by atoms with Crippen LogP contribution in [-0.4, -0.2) is 39.7 Å². The first-order valence-corrected chi connectivity index (χ1v) is 6.72. The molecule has 0 aromatic carbocycles. The van der Waals surface area contributed by atoms with Crippen LogP contribution in [0.3, 0.4) is 0 Å². The third-order valence-corrected chi connectivity index (χ3v) is 3.59. The maximum Gasteiger partial charge on any atom is 0.360 e. The lowest BCUT2D eigenvalue weighted by Crippen LogP contribution is -2.33. The van der Waals surface area contributed by atoms with Crippen LogP contribution in [0.4, 0.5) is 4.79 Å². The maximum absolute atomic E-state index is 11.6. The van der Waals surface area contributed by atoms with E-state index in [1.165, 1.54) is 19.0 Å². The van der Waals surface area contributed by atoms with Gasteiger partial charge >= 0.3 is 11.6 Å². The molecule has 0 radical (unpaired) electrons. The average Bonchev–Trinajstić information content (AvgIpc) is 2.56. The molecule has 0 aliphatic heterocycles. The number of hydrogen-bond acceptors (Lipinski definition) is 4. The van der Waals surface area contributed by atoms with Gasteiger partial charge in [0.1, 0.15) is 0 Å². The van der Waals surface area contributed by atoms with Crippen molar-refractivity contribution in [1.29, 1.82) is 0 Å². The number of carbonyl (C=O) groups excluding carboxylic acids is 1. The van der Waals surface area contributed by atoms with E-state index in [-0.39, 0.29) is 16.5 Å². The molecule has 1 unspecified atom stereocenters. The summed E-state index contributed by atoms with van der Waals surface area (Å²) in [6.07, 6.45) is 0. The van der Waals surface area contributed by atoms with Crippen LogP contribution in [-0.2, 0) is 16.6 Å². The molecule has 1 atom stereocenters. The normalized spacial score (nSPS) is 12.5. The van der Waals surface area contributed by atoms with Gasteiger partial charge in [-0.15, -0.1) is 0 Å². The predicted octanol–water partition coefficient (Wildman–Crippen LogP) is 0.893. The highest BCUT2D eigenvalue weighted by Crippen LogP contribution is 2.14. The van der Waals surface area contributed by atoms with Crippen molar-refractivity contribution in [1.82, 2.24) is 9.64 Å². The van der Waals surface area contributed by atoms with Gasteiger partial charge in [0.2, 0.25) is 0 Å². The van der Waals surface area contributed by atoms with Crippen molar-refractivity contribution in [3.8, 4) is 0 Å². The van der Waals surface area contributed by atoms with Crippen molar-refractivity contribution in [3.63, 3.8) is 0 Å². The molecular formula is C9H13ClN2O4S.